The zero-order valence-electron chi connectivity index (χ0n) is 6.98. The van der Waals surface area contributed by atoms with Crippen LogP contribution in [-0.2, 0) is 13.2 Å². The molecule has 0 aromatic carbocycles. The molecule has 3 nitrogen and oxygen atoms in total. The fourth-order valence-corrected chi connectivity index (χ4v) is 1.13. The average molecular weight is 189 g/mol. The van der Waals surface area contributed by atoms with Crippen molar-refractivity contribution in [2.75, 3.05) is 0 Å². The van der Waals surface area contributed by atoms with Gasteiger partial charge in [-0.1, -0.05) is 0 Å². The maximum absolute atomic E-state index is 12.3. The maximum Gasteiger partial charge on any atom is 0.433 e. The minimum absolute atomic E-state index is 0.127. The Balaban J connectivity index is 3.40. The van der Waals surface area contributed by atoms with Crippen LogP contribution >= 0.6 is 0 Å². The number of halogens is 3. The van der Waals surface area contributed by atoms with Crippen molar-refractivity contribution in [1.82, 2.24) is 9.78 Å². The average Bonchev–Trinajstić information content (AvgIpc) is 2.24. The predicted octanol–water partition coefficient (Wildman–Crippen LogP) is 1.62. The van der Waals surface area contributed by atoms with Gasteiger partial charge in [0.05, 0.1) is 0 Å². The van der Waals surface area contributed by atoms with Crippen LogP contribution in [-0.4, -0.2) is 9.78 Å². The van der Waals surface area contributed by atoms with E-state index in [1.54, 1.807) is 6.07 Å². The van der Waals surface area contributed by atoms with Gasteiger partial charge in [0, 0.05) is 12.6 Å². The highest BCUT2D eigenvalue weighted by atomic mass is 19.4. The molecule has 70 valence electrons. The second kappa shape index (κ2) is 2.76. The molecule has 0 saturated carbocycles. The highest BCUT2D eigenvalue weighted by Gasteiger charge is 2.37. The van der Waals surface area contributed by atoms with Gasteiger partial charge in [-0.15, -0.1) is 0 Å². The van der Waals surface area contributed by atoms with Gasteiger partial charge in [-0.25, -0.2) is 0 Å². The molecule has 1 rings (SSSR count). The van der Waals surface area contributed by atoms with E-state index in [9.17, 15) is 13.2 Å². The minimum atomic E-state index is -4.46. The summed E-state index contributed by atoms with van der Waals surface area (Å²) >= 11 is 0. The van der Waals surface area contributed by atoms with Crippen LogP contribution in [0.2, 0.25) is 0 Å². The van der Waals surface area contributed by atoms with Gasteiger partial charge in [0.25, 0.3) is 0 Å². The Morgan fingerprint density at radius 1 is 1.46 bits per heavy atom. The number of hydrogen-bond acceptors (Lipinski definition) is 2. The fraction of sp³-hybridized carbons (Fsp3) is 0.429. The summed E-state index contributed by atoms with van der Waals surface area (Å²) in [5.41, 5.74) is -1.18. The van der Waals surface area contributed by atoms with E-state index in [1.807, 2.05) is 0 Å². The van der Waals surface area contributed by atoms with E-state index >= 15 is 0 Å². The standard InChI is InChI=1S/C7H6F3N3/c1-4-5(3-11)12-13(2)6(4)7(8,9)10/h1-2H3. The lowest BCUT2D eigenvalue weighted by atomic mass is 10.2. The summed E-state index contributed by atoms with van der Waals surface area (Å²) in [7, 11) is 1.16. The number of alkyl halides is 3. The Hall–Kier alpha value is -1.51. The second-order valence-corrected chi connectivity index (χ2v) is 2.56. The van der Waals surface area contributed by atoms with Crippen LogP contribution in [0.25, 0.3) is 0 Å². The first-order chi connectivity index (χ1) is 5.88. The molecule has 1 heterocycles. The Labute approximate surface area is 72.4 Å². The van der Waals surface area contributed by atoms with E-state index in [-0.39, 0.29) is 11.3 Å². The van der Waals surface area contributed by atoms with Gasteiger partial charge in [0.15, 0.2) is 5.69 Å². The lowest BCUT2D eigenvalue weighted by Gasteiger charge is -2.06. The molecule has 1 aromatic heterocycles. The van der Waals surface area contributed by atoms with Crippen LogP contribution in [0, 0.1) is 18.3 Å². The Bertz CT molecular complexity index is 370. The Morgan fingerprint density at radius 2 is 2.00 bits per heavy atom. The van der Waals surface area contributed by atoms with Crippen LogP contribution in [0.15, 0.2) is 0 Å². The minimum Gasteiger partial charge on any atom is -0.262 e. The Morgan fingerprint density at radius 3 is 2.23 bits per heavy atom. The molecule has 0 N–H and O–H groups in total. The van der Waals surface area contributed by atoms with Crippen LogP contribution < -0.4 is 0 Å². The third kappa shape index (κ3) is 1.49. The van der Waals surface area contributed by atoms with E-state index in [1.165, 1.54) is 6.92 Å². The van der Waals surface area contributed by atoms with Gasteiger partial charge < -0.3 is 0 Å². The van der Waals surface area contributed by atoms with E-state index in [2.05, 4.69) is 5.10 Å². The van der Waals surface area contributed by atoms with Gasteiger partial charge in [-0.05, 0) is 6.92 Å². The normalized spacial score (nSPS) is 11.4. The first-order valence-corrected chi connectivity index (χ1v) is 3.38. The summed E-state index contributed by atoms with van der Waals surface area (Å²) in [4.78, 5) is 0. The van der Waals surface area contributed by atoms with E-state index in [0.29, 0.717) is 4.68 Å². The molecule has 0 aliphatic carbocycles. The fourth-order valence-electron chi connectivity index (χ4n) is 1.13. The van der Waals surface area contributed by atoms with Gasteiger partial charge in [0.2, 0.25) is 0 Å². The number of hydrogen-bond donors (Lipinski definition) is 0. The number of aryl methyl sites for hydroxylation is 1. The molecule has 0 aliphatic heterocycles. The lowest BCUT2D eigenvalue weighted by Crippen LogP contribution is -2.13. The van der Waals surface area contributed by atoms with Crippen LogP contribution in [0.3, 0.4) is 0 Å². The van der Waals surface area contributed by atoms with Crippen LogP contribution in [0.4, 0.5) is 13.2 Å². The highest BCUT2D eigenvalue weighted by Crippen LogP contribution is 2.32. The zero-order chi connectivity index (χ0) is 10.2. The van der Waals surface area contributed by atoms with Crippen molar-refractivity contribution in [2.45, 2.75) is 13.1 Å². The molecule has 0 atom stereocenters. The Kier molecular flexibility index (Phi) is 2.04. The van der Waals surface area contributed by atoms with Crippen molar-refractivity contribution < 1.29 is 13.2 Å². The third-order valence-corrected chi connectivity index (χ3v) is 1.66. The maximum atomic E-state index is 12.3. The molecule has 0 unspecified atom stereocenters. The van der Waals surface area contributed by atoms with Crippen LogP contribution in [0.1, 0.15) is 17.0 Å². The van der Waals surface area contributed by atoms with Gasteiger partial charge in [-0.3, -0.25) is 4.68 Å². The largest absolute Gasteiger partial charge is 0.433 e. The summed E-state index contributed by atoms with van der Waals surface area (Å²) in [5.74, 6) is 0. The van der Waals surface area contributed by atoms with Crippen molar-refractivity contribution in [3.8, 4) is 6.07 Å². The number of rotatable bonds is 0. The van der Waals surface area contributed by atoms with Crippen LogP contribution in [0.5, 0.6) is 0 Å². The molecule has 0 bridgehead atoms. The van der Waals surface area contributed by atoms with Gasteiger partial charge >= 0.3 is 6.18 Å². The molecule has 0 amide bonds. The summed E-state index contributed by atoms with van der Waals surface area (Å²) in [6, 6.07) is 1.60. The first-order valence-electron chi connectivity index (χ1n) is 3.38. The smallest absolute Gasteiger partial charge is 0.262 e. The summed E-state index contributed by atoms with van der Waals surface area (Å²) < 4.78 is 37.5. The van der Waals surface area contributed by atoms with Crippen molar-refractivity contribution >= 4 is 0 Å². The molecule has 0 fully saturated rings. The molecule has 1 aromatic rings. The van der Waals surface area contributed by atoms with Crippen molar-refractivity contribution in [1.29, 1.82) is 5.26 Å². The number of aromatic nitrogens is 2. The van der Waals surface area contributed by atoms with E-state index < -0.39 is 11.9 Å². The molecular weight excluding hydrogens is 183 g/mol. The number of nitriles is 1. The predicted molar refractivity (Wildman–Crippen MR) is 37.7 cm³/mol. The van der Waals surface area contributed by atoms with Gasteiger partial charge in [-0.2, -0.15) is 23.5 Å². The second-order valence-electron chi connectivity index (χ2n) is 2.56. The zero-order valence-corrected chi connectivity index (χ0v) is 6.98. The molecule has 0 spiro atoms. The van der Waals surface area contributed by atoms with Gasteiger partial charge in [0.1, 0.15) is 11.8 Å². The van der Waals surface area contributed by atoms with Crippen molar-refractivity contribution in [3.63, 3.8) is 0 Å². The van der Waals surface area contributed by atoms with E-state index in [0.717, 1.165) is 7.05 Å². The van der Waals surface area contributed by atoms with Crippen molar-refractivity contribution in [3.05, 3.63) is 17.0 Å². The first kappa shape index (κ1) is 9.58. The number of nitrogens with zero attached hydrogens (tertiary/aromatic N) is 3. The summed E-state index contributed by atoms with van der Waals surface area (Å²) in [6.45, 7) is 1.23. The lowest BCUT2D eigenvalue weighted by molar-refractivity contribution is -0.144. The third-order valence-electron chi connectivity index (χ3n) is 1.66. The monoisotopic (exact) mass is 189 g/mol. The molecule has 0 saturated heterocycles. The molecule has 13 heavy (non-hydrogen) atoms. The van der Waals surface area contributed by atoms with Crippen molar-refractivity contribution in [2.24, 2.45) is 7.05 Å². The highest BCUT2D eigenvalue weighted by molar-refractivity contribution is 5.35. The SMILES string of the molecule is Cc1c(C#N)nn(C)c1C(F)(F)F. The summed E-state index contributed by atoms with van der Waals surface area (Å²) in [5, 5.41) is 11.9. The topological polar surface area (TPSA) is 41.6 Å². The molecule has 0 radical (unpaired) electrons. The molecular formula is C7H6F3N3. The molecule has 0 aliphatic rings. The summed E-state index contributed by atoms with van der Waals surface area (Å²) in [6.07, 6.45) is -4.46. The van der Waals surface area contributed by atoms with E-state index in [4.69, 9.17) is 5.26 Å². The molecule has 6 heteroatoms. The quantitative estimate of drug-likeness (QED) is 0.622.